The zero-order valence-electron chi connectivity index (χ0n) is 12.8. The van der Waals surface area contributed by atoms with Gasteiger partial charge in [0.25, 0.3) is 0 Å². The highest BCUT2D eigenvalue weighted by molar-refractivity contribution is 6.31. The summed E-state index contributed by atoms with van der Waals surface area (Å²) in [7, 11) is 3.65. The number of benzene rings is 1. The summed E-state index contributed by atoms with van der Waals surface area (Å²) in [5.41, 5.74) is 4.32. The molecule has 0 radical (unpaired) electrons. The maximum Gasteiger partial charge on any atom is 0.0868 e. The summed E-state index contributed by atoms with van der Waals surface area (Å²) >= 11 is 6.38. The van der Waals surface area contributed by atoms with E-state index in [2.05, 4.69) is 29.5 Å². The molecular weight excluding hydrogens is 286 g/mol. The van der Waals surface area contributed by atoms with Crippen molar-refractivity contribution in [2.45, 2.75) is 26.3 Å². The van der Waals surface area contributed by atoms with Crippen LogP contribution in [0.4, 0.5) is 5.69 Å². The molecule has 0 atom stereocenters. The van der Waals surface area contributed by atoms with Crippen LogP contribution in [0, 0.1) is 0 Å². The van der Waals surface area contributed by atoms with E-state index in [-0.39, 0.29) is 0 Å². The molecule has 5 heteroatoms. The molecule has 1 heterocycles. The van der Waals surface area contributed by atoms with Crippen LogP contribution in [-0.4, -0.2) is 23.5 Å². The minimum atomic E-state index is 0.659. The fraction of sp³-hybridized carbons (Fsp3) is 0.438. The lowest BCUT2D eigenvalue weighted by Crippen LogP contribution is -2.08. The number of anilines is 1. The smallest absolute Gasteiger partial charge is 0.0868 e. The monoisotopic (exact) mass is 307 g/mol. The van der Waals surface area contributed by atoms with Gasteiger partial charge in [0.05, 0.1) is 29.6 Å². The number of ether oxygens (including phenoxy) is 1. The Balaban J connectivity index is 2.11. The lowest BCUT2D eigenvalue weighted by molar-refractivity contribution is 0.202. The van der Waals surface area contributed by atoms with Crippen LogP contribution >= 0.6 is 11.6 Å². The normalized spacial score (nSPS) is 10.9. The number of hydrogen-bond acceptors (Lipinski definition) is 3. The molecule has 0 fully saturated rings. The van der Waals surface area contributed by atoms with Gasteiger partial charge in [0, 0.05) is 19.8 Å². The number of para-hydroxylation sites is 1. The second kappa shape index (κ2) is 7.48. The zero-order chi connectivity index (χ0) is 15.2. The first-order chi connectivity index (χ1) is 10.2. The Labute approximate surface area is 131 Å². The van der Waals surface area contributed by atoms with E-state index in [1.54, 1.807) is 7.11 Å². The van der Waals surface area contributed by atoms with Gasteiger partial charge < -0.3 is 10.1 Å². The first-order valence-electron chi connectivity index (χ1n) is 7.18. The Bertz CT molecular complexity index is 595. The van der Waals surface area contributed by atoms with Crippen LogP contribution in [0.3, 0.4) is 0 Å². The average molecular weight is 308 g/mol. The van der Waals surface area contributed by atoms with Crippen molar-refractivity contribution in [3.8, 4) is 0 Å². The van der Waals surface area contributed by atoms with E-state index in [9.17, 15) is 0 Å². The molecule has 0 saturated carbocycles. The summed E-state index contributed by atoms with van der Waals surface area (Å²) in [4.78, 5) is 0. The summed E-state index contributed by atoms with van der Waals surface area (Å²) in [6.07, 6.45) is 1.73. The second-order valence-corrected chi connectivity index (χ2v) is 5.32. The summed E-state index contributed by atoms with van der Waals surface area (Å²) < 4.78 is 7.01. The third-order valence-corrected chi connectivity index (χ3v) is 3.98. The van der Waals surface area contributed by atoms with Crippen molar-refractivity contribution in [1.29, 1.82) is 0 Å². The maximum atomic E-state index is 6.38. The van der Waals surface area contributed by atoms with E-state index in [0.717, 1.165) is 34.9 Å². The lowest BCUT2D eigenvalue weighted by atomic mass is 10.1. The zero-order valence-corrected chi connectivity index (χ0v) is 13.6. The highest BCUT2D eigenvalue weighted by Gasteiger charge is 2.13. The topological polar surface area (TPSA) is 39.1 Å². The third-order valence-electron chi connectivity index (χ3n) is 3.54. The molecule has 4 nitrogen and oxygen atoms in total. The minimum absolute atomic E-state index is 0.659. The molecular formula is C16H22ClN3O. The molecule has 1 N–H and O–H groups in total. The Kier molecular flexibility index (Phi) is 5.65. The largest absolute Gasteiger partial charge is 0.384 e. The van der Waals surface area contributed by atoms with E-state index in [1.165, 1.54) is 5.56 Å². The highest BCUT2D eigenvalue weighted by Crippen LogP contribution is 2.23. The third kappa shape index (κ3) is 3.77. The van der Waals surface area contributed by atoms with Gasteiger partial charge in [-0.3, -0.25) is 4.68 Å². The second-order valence-electron chi connectivity index (χ2n) is 4.94. The van der Waals surface area contributed by atoms with Crippen molar-refractivity contribution in [2.24, 2.45) is 7.05 Å². The fourth-order valence-electron chi connectivity index (χ4n) is 2.31. The van der Waals surface area contributed by atoms with Gasteiger partial charge in [-0.25, -0.2) is 0 Å². The maximum absolute atomic E-state index is 6.38. The van der Waals surface area contributed by atoms with Crippen LogP contribution in [0.25, 0.3) is 0 Å². The first-order valence-corrected chi connectivity index (χ1v) is 7.56. The summed E-state index contributed by atoms with van der Waals surface area (Å²) in [5, 5.41) is 8.66. The van der Waals surface area contributed by atoms with Gasteiger partial charge in [-0.05, 0) is 24.5 Å². The quantitative estimate of drug-likeness (QED) is 0.851. The minimum Gasteiger partial charge on any atom is -0.384 e. The average Bonchev–Trinajstić information content (AvgIpc) is 2.78. The van der Waals surface area contributed by atoms with Gasteiger partial charge in [0.15, 0.2) is 0 Å². The van der Waals surface area contributed by atoms with Gasteiger partial charge in [-0.2, -0.15) is 5.10 Å². The molecule has 0 amide bonds. The predicted molar refractivity (Wildman–Crippen MR) is 86.9 cm³/mol. The van der Waals surface area contributed by atoms with Gasteiger partial charge in [-0.1, -0.05) is 36.7 Å². The summed E-state index contributed by atoms with van der Waals surface area (Å²) in [5.74, 6) is 0. The lowest BCUT2D eigenvalue weighted by Gasteiger charge is -2.12. The molecule has 1 aromatic heterocycles. The van der Waals surface area contributed by atoms with Crippen LogP contribution in [0.5, 0.6) is 0 Å². The molecule has 2 aromatic rings. The van der Waals surface area contributed by atoms with Gasteiger partial charge in [0.1, 0.15) is 0 Å². The van der Waals surface area contributed by atoms with Gasteiger partial charge >= 0.3 is 0 Å². The molecule has 2 rings (SSSR count). The molecule has 0 spiro atoms. The van der Waals surface area contributed by atoms with Crippen LogP contribution in [0.15, 0.2) is 24.3 Å². The van der Waals surface area contributed by atoms with Crippen molar-refractivity contribution in [3.63, 3.8) is 0 Å². The number of hydrogen-bond donors (Lipinski definition) is 1. The Hall–Kier alpha value is -1.52. The number of nitrogens with one attached hydrogen (secondary N) is 1. The van der Waals surface area contributed by atoms with Crippen LogP contribution in [0.2, 0.25) is 5.02 Å². The Morgan fingerprint density at radius 3 is 2.76 bits per heavy atom. The number of halogens is 1. The van der Waals surface area contributed by atoms with E-state index >= 15 is 0 Å². The number of nitrogens with zero attached hydrogens (tertiary/aromatic N) is 2. The number of aryl methyl sites for hydroxylation is 2. The van der Waals surface area contributed by atoms with E-state index in [1.807, 2.05) is 23.9 Å². The molecule has 0 aliphatic heterocycles. The summed E-state index contributed by atoms with van der Waals surface area (Å²) in [6, 6.07) is 8.27. The molecule has 0 aliphatic rings. The van der Waals surface area contributed by atoms with E-state index in [0.29, 0.717) is 13.2 Å². The number of aromatic nitrogens is 2. The van der Waals surface area contributed by atoms with E-state index < -0.39 is 0 Å². The SMILES string of the molecule is CCc1nn(C)c(CNc2ccccc2CCOC)c1Cl. The predicted octanol–water partition coefficient (Wildman–Crippen LogP) is 3.44. The van der Waals surface area contributed by atoms with Gasteiger partial charge in [-0.15, -0.1) is 0 Å². The number of rotatable bonds is 7. The Morgan fingerprint density at radius 1 is 1.33 bits per heavy atom. The molecule has 0 unspecified atom stereocenters. The number of methoxy groups -OCH3 is 1. The van der Waals surface area contributed by atoms with Crippen LogP contribution < -0.4 is 5.32 Å². The Morgan fingerprint density at radius 2 is 2.10 bits per heavy atom. The van der Waals surface area contributed by atoms with Crippen LogP contribution in [-0.2, 0) is 31.2 Å². The van der Waals surface area contributed by atoms with E-state index in [4.69, 9.17) is 16.3 Å². The molecule has 1 aromatic carbocycles. The standard InChI is InChI=1S/C16H22ClN3O/c1-4-13-16(17)15(20(2)19-13)11-18-14-8-6-5-7-12(14)9-10-21-3/h5-8,18H,4,9-11H2,1-3H3. The van der Waals surface area contributed by atoms with Crippen molar-refractivity contribution < 1.29 is 4.74 Å². The van der Waals surface area contributed by atoms with Crippen molar-refractivity contribution in [3.05, 3.63) is 46.2 Å². The van der Waals surface area contributed by atoms with Crippen molar-refractivity contribution >= 4 is 17.3 Å². The van der Waals surface area contributed by atoms with Crippen LogP contribution in [0.1, 0.15) is 23.9 Å². The van der Waals surface area contributed by atoms with Crippen molar-refractivity contribution in [2.75, 3.05) is 19.0 Å². The first kappa shape index (κ1) is 15.9. The highest BCUT2D eigenvalue weighted by atomic mass is 35.5. The molecule has 0 aliphatic carbocycles. The summed E-state index contributed by atoms with van der Waals surface area (Å²) in [6.45, 7) is 3.43. The van der Waals surface area contributed by atoms with Gasteiger partial charge in [0.2, 0.25) is 0 Å². The molecule has 0 saturated heterocycles. The molecule has 0 bridgehead atoms. The fourth-order valence-corrected chi connectivity index (χ4v) is 2.67. The molecule has 21 heavy (non-hydrogen) atoms. The van der Waals surface area contributed by atoms with Crippen molar-refractivity contribution in [1.82, 2.24) is 9.78 Å². The molecule has 114 valence electrons.